The lowest BCUT2D eigenvalue weighted by atomic mass is 10.2. The van der Waals surface area contributed by atoms with Crippen LogP contribution in [-0.4, -0.2) is 44.9 Å². The van der Waals surface area contributed by atoms with Crippen LogP contribution in [0, 0.1) is 0 Å². The van der Waals surface area contributed by atoms with Gasteiger partial charge in [0.25, 0.3) is 5.91 Å². The molecule has 0 aliphatic heterocycles. The van der Waals surface area contributed by atoms with E-state index in [1.807, 2.05) is 12.2 Å². The first-order valence-electron chi connectivity index (χ1n) is 7.62. The van der Waals surface area contributed by atoms with Crippen molar-refractivity contribution in [2.75, 3.05) is 26.9 Å². The van der Waals surface area contributed by atoms with Gasteiger partial charge in [-0.3, -0.25) is 10.1 Å². The molecule has 0 saturated heterocycles. The van der Waals surface area contributed by atoms with E-state index in [0.29, 0.717) is 23.7 Å². The molecule has 2 amide bonds. The maximum atomic E-state index is 11.6. The molecule has 0 aromatic heterocycles. The van der Waals surface area contributed by atoms with E-state index in [1.54, 1.807) is 25.1 Å². The van der Waals surface area contributed by atoms with Crippen molar-refractivity contribution in [2.45, 2.75) is 13.8 Å². The van der Waals surface area contributed by atoms with Crippen molar-refractivity contribution in [3.63, 3.8) is 0 Å². The largest absolute Gasteiger partial charge is 0.493 e. The van der Waals surface area contributed by atoms with Crippen molar-refractivity contribution >= 4 is 24.0 Å². The molecule has 0 saturated carbocycles. The van der Waals surface area contributed by atoms with Crippen LogP contribution in [0.2, 0.25) is 0 Å². The lowest BCUT2D eigenvalue weighted by Crippen LogP contribution is -2.34. The number of methoxy groups -OCH3 is 1. The fraction of sp³-hybridized carbons (Fsp3) is 0.353. The summed E-state index contributed by atoms with van der Waals surface area (Å²) in [5, 5.41) is 1.91. The summed E-state index contributed by atoms with van der Waals surface area (Å²) in [6, 6.07) is 5.16. The van der Waals surface area contributed by atoms with E-state index < -0.39 is 24.6 Å². The van der Waals surface area contributed by atoms with Gasteiger partial charge in [-0.2, -0.15) is 0 Å². The van der Waals surface area contributed by atoms with Crippen molar-refractivity contribution in [1.29, 1.82) is 0 Å². The minimum absolute atomic E-state index is 0.132. The summed E-state index contributed by atoms with van der Waals surface area (Å²) in [7, 11) is 1.52. The van der Waals surface area contributed by atoms with Crippen LogP contribution in [0.3, 0.4) is 0 Å². The van der Waals surface area contributed by atoms with Crippen LogP contribution in [0.1, 0.15) is 19.4 Å². The van der Waals surface area contributed by atoms with Crippen molar-refractivity contribution in [3.05, 3.63) is 29.8 Å². The summed E-state index contributed by atoms with van der Waals surface area (Å²) >= 11 is 0. The molecule has 8 nitrogen and oxygen atoms in total. The highest BCUT2D eigenvalue weighted by Gasteiger charge is 2.10. The first-order valence-corrected chi connectivity index (χ1v) is 7.62. The van der Waals surface area contributed by atoms with Gasteiger partial charge in [0, 0.05) is 6.08 Å². The molecule has 1 aromatic rings. The van der Waals surface area contributed by atoms with E-state index in [9.17, 15) is 14.4 Å². The number of carbonyl (C=O) groups excluding carboxylic acids is 3. The number of amides is 2. The second-order valence-electron chi connectivity index (χ2n) is 4.55. The smallest absolute Gasteiger partial charge is 0.413 e. The summed E-state index contributed by atoms with van der Waals surface area (Å²) in [5.41, 5.74) is 0.688. The van der Waals surface area contributed by atoms with Crippen LogP contribution in [0.25, 0.3) is 6.08 Å². The van der Waals surface area contributed by atoms with Gasteiger partial charge in [-0.25, -0.2) is 9.59 Å². The highest BCUT2D eigenvalue weighted by atomic mass is 16.6. The first kappa shape index (κ1) is 20.0. The number of imide groups is 1. The van der Waals surface area contributed by atoms with Gasteiger partial charge in [-0.05, 0) is 37.6 Å². The minimum Gasteiger partial charge on any atom is -0.493 e. The molecule has 1 N–H and O–H groups in total. The van der Waals surface area contributed by atoms with Gasteiger partial charge in [-0.15, -0.1) is 0 Å². The Hall–Kier alpha value is -3.03. The quantitative estimate of drug-likeness (QED) is 0.564. The van der Waals surface area contributed by atoms with Crippen LogP contribution in [-0.2, 0) is 19.1 Å². The van der Waals surface area contributed by atoms with E-state index >= 15 is 0 Å². The summed E-state index contributed by atoms with van der Waals surface area (Å²) in [6.07, 6.45) is 1.77. The van der Waals surface area contributed by atoms with E-state index in [0.717, 1.165) is 6.08 Å². The van der Waals surface area contributed by atoms with Crippen LogP contribution in [0.15, 0.2) is 24.3 Å². The summed E-state index contributed by atoms with van der Waals surface area (Å²) in [5.74, 6) is -0.374. The molecule has 1 rings (SSSR count). The van der Waals surface area contributed by atoms with Gasteiger partial charge < -0.3 is 18.9 Å². The zero-order chi connectivity index (χ0) is 18.7. The van der Waals surface area contributed by atoms with Gasteiger partial charge in [-0.1, -0.05) is 6.07 Å². The zero-order valence-corrected chi connectivity index (χ0v) is 14.4. The number of ether oxygens (including phenoxy) is 4. The highest BCUT2D eigenvalue weighted by Crippen LogP contribution is 2.28. The van der Waals surface area contributed by atoms with Crippen molar-refractivity contribution in [1.82, 2.24) is 5.32 Å². The molecule has 0 spiro atoms. The lowest BCUT2D eigenvalue weighted by Gasteiger charge is -2.09. The topological polar surface area (TPSA) is 100 Å². The zero-order valence-electron chi connectivity index (χ0n) is 14.4. The predicted molar refractivity (Wildman–Crippen MR) is 89.3 cm³/mol. The number of alkyl carbamates (subject to hydrolysis) is 1. The Morgan fingerprint density at radius 2 is 1.84 bits per heavy atom. The van der Waals surface area contributed by atoms with E-state index in [4.69, 9.17) is 14.2 Å². The van der Waals surface area contributed by atoms with Gasteiger partial charge >= 0.3 is 12.1 Å². The van der Waals surface area contributed by atoms with E-state index in [-0.39, 0.29) is 6.61 Å². The fourth-order valence-corrected chi connectivity index (χ4v) is 1.73. The molecule has 0 aliphatic rings. The molecule has 0 fully saturated rings. The first-order chi connectivity index (χ1) is 12.0. The van der Waals surface area contributed by atoms with Crippen LogP contribution < -0.4 is 14.8 Å². The van der Waals surface area contributed by atoms with Gasteiger partial charge in [0.15, 0.2) is 18.1 Å². The molecule has 0 unspecified atom stereocenters. The average molecular weight is 351 g/mol. The number of benzene rings is 1. The van der Waals surface area contributed by atoms with Crippen LogP contribution >= 0.6 is 0 Å². The van der Waals surface area contributed by atoms with Gasteiger partial charge in [0.1, 0.15) is 0 Å². The third-order valence-electron chi connectivity index (χ3n) is 2.76. The molecule has 8 heteroatoms. The maximum absolute atomic E-state index is 11.6. The van der Waals surface area contributed by atoms with Crippen LogP contribution in [0.5, 0.6) is 11.5 Å². The Bertz CT molecular complexity index is 640. The lowest BCUT2D eigenvalue weighted by molar-refractivity contribution is -0.143. The Labute approximate surface area is 145 Å². The Kier molecular flexibility index (Phi) is 8.56. The SMILES string of the molecule is CCOC(=O)NC(=O)COC(=O)/C=C/c1ccc(OCC)c(OC)c1. The molecule has 0 radical (unpaired) electrons. The average Bonchev–Trinajstić information content (AvgIpc) is 2.59. The minimum atomic E-state index is -0.888. The third kappa shape index (κ3) is 7.38. The van der Waals surface area contributed by atoms with E-state index in [1.165, 1.54) is 13.2 Å². The fourth-order valence-electron chi connectivity index (χ4n) is 1.73. The Morgan fingerprint density at radius 3 is 2.48 bits per heavy atom. The number of hydrogen-bond acceptors (Lipinski definition) is 7. The van der Waals surface area contributed by atoms with Crippen molar-refractivity contribution < 1.29 is 33.3 Å². The standard InChI is InChI=1S/C17H21NO7/c1-4-23-13-8-6-12(10-14(13)22-3)7-9-16(20)25-11-15(19)18-17(21)24-5-2/h6-10H,4-5,11H2,1-3H3,(H,18,19,21)/b9-7+. The summed E-state index contributed by atoms with van der Waals surface area (Å²) < 4.78 is 19.9. The molecule has 0 heterocycles. The monoisotopic (exact) mass is 351 g/mol. The number of nitrogens with one attached hydrogen (secondary N) is 1. The number of rotatable bonds is 8. The number of carbonyl (C=O) groups is 3. The normalized spacial score (nSPS) is 10.2. The van der Waals surface area contributed by atoms with Crippen LogP contribution in [0.4, 0.5) is 4.79 Å². The summed E-state index contributed by atoms with van der Waals surface area (Å²) in [4.78, 5) is 34.0. The molecule has 0 bridgehead atoms. The second-order valence-corrected chi connectivity index (χ2v) is 4.55. The second kappa shape index (κ2) is 10.7. The molecule has 25 heavy (non-hydrogen) atoms. The Balaban J connectivity index is 2.53. The van der Waals surface area contributed by atoms with Gasteiger partial charge in [0.2, 0.25) is 0 Å². The molecule has 136 valence electrons. The maximum Gasteiger partial charge on any atom is 0.413 e. The summed E-state index contributed by atoms with van der Waals surface area (Å²) in [6.45, 7) is 3.51. The molecule has 1 aromatic carbocycles. The molecule has 0 atom stereocenters. The third-order valence-corrected chi connectivity index (χ3v) is 2.76. The van der Waals surface area contributed by atoms with Gasteiger partial charge in [0.05, 0.1) is 20.3 Å². The van der Waals surface area contributed by atoms with Crippen molar-refractivity contribution in [3.8, 4) is 11.5 Å². The molecular formula is C17H21NO7. The molecular weight excluding hydrogens is 330 g/mol. The number of esters is 1. The predicted octanol–water partition coefficient (Wildman–Crippen LogP) is 1.92. The Morgan fingerprint density at radius 1 is 1.08 bits per heavy atom. The van der Waals surface area contributed by atoms with Crippen molar-refractivity contribution in [2.24, 2.45) is 0 Å². The molecule has 0 aliphatic carbocycles. The highest BCUT2D eigenvalue weighted by molar-refractivity contribution is 5.94. The van der Waals surface area contributed by atoms with E-state index in [2.05, 4.69) is 4.74 Å². The number of hydrogen-bond donors (Lipinski definition) is 1.